The van der Waals surface area contributed by atoms with Gasteiger partial charge in [0.25, 0.3) is 0 Å². The monoisotopic (exact) mass is 168 g/mol. The molecule has 0 spiro atoms. The maximum absolute atomic E-state index is 5.31. The Bertz CT molecular complexity index is 174. The van der Waals surface area contributed by atoms with E-state index in [1.54, 1.807) is 14.0 Å². The molecule has 2 heteroatoms. The van der Waals surface area contributed by atoms with Gasteiger partial charge in [-0.3, -0.25) is 0 Å². The van der Waals surface area contributed by atoms with Crippen LogP contribution in [0, 0.1) is 11.8 Å². The summed E-state index contributed by atoms with van der Waals surface area (Å²) in [5, 5.41) is 0. The second kappa shape index (κ2) is 8.32. The summed E-state index contributed by atoms with van der Waals surface area (Å²) in [7, 11) is 1.67. The molecular formula is C10H16O2. The first-order valence-electron chi connectivity index (χ1n) is 3.98. The van der Waals surface area contributed by atoms with Crippen molar-refractivity contribution in [3.63, 3.8) is 0 Å². The molecule has 0 aliphatic rings. The minimum absolute atomic E-state index is 0.112. The maximum atomic E-state index is 5.31. The highest BCUT2D eigenvalue weighted by atomic mass is 16.5. The van der Waals surface area contributed by atoms with Gasteiger partial charge in [-0.05, 0) is 13.8 Å². The molecule has 2 nitrogen and oxygen atoms in total. The van der Waals surface area contributed by atoms with Crippen molar-refractivity contribution >= 4 is 0 Å². The van der Waals surface area contributed by atoms with Crippen LogP contribution < -0.4 is 0 Å². The Hall–Kier alpha value is -0.780. The molecule has 0 aromatic rings. The van der Waals surface area contributed by atoms with E-state index in [4.69, 9.17) is 9.47 Å². The van der Waals surface area contributed by atoms with E-state index in [2.05, 4.69) is 11.8 Å². The number of methoxy groups -OCH3 is 1. The van der Waals surface area contributed by atoms with Gasteiger partial charge in [0.2, 0.25) is 0 Å². The molecule has 0 rings (SSSR count). The van der Waals surface area contributed by atoms with E-state index in [1.165, 1.54) is 0 Å². The van der Waals surface area contributed by atoms with Gasteiger partial charge >= 0.3 is 0 Å². The predicted molar refractivity (Wildman–Crippen MR) is 49.9 cm³/mol. The average Bonchev–Trinajstić information content (AvgIpc) is 2.06. The minimum atomic E-state index is 0.112. The van der Waals surface area contributed by atoms with E-state index >= 15 is 0 Å². The van der Waals surface area contributed by atoms with Crippen LogP contribution in [0.2, 0.25) is 0 Å². The van der Waals surface area contributed by atoms with Crippen LogP contribution in [0.5, 0.6) is 0 Å². The Morgan fingerprint density at radius 2 is 2.25 bits per heavy atom. The van der Waals surface area contributed by atoms with Gasteiger partial charge in [-0.25, -0.2) is 0 Å². The lowest BCUT2D eigenvalue weighted by atomic mass is 10.3. The zero-order valence-corrected chi connectivity index (χ0v) is 7.96. The Labute approximate surface area is 74.6 Å². The summed E-state index contributed by atoms with van der Waals surface area (Å²) in [6.07, 6.45) is 4.01. The molecule has 0 aromatic carbocycles. The molecule has 0 N–H and O–H groups in total. The predicted octanol–water partition coefficient (Wildman–Crippen LogP) is 1.62. The first kappa shape index (κ1) is 11.2. The van der Waals surface area contributed by atoms with Crippen LogP contribution in [0.1, 0.15) is 13.8 Å². The normalized spacial score (nSPS) is 12.6. The van der Waals surface area contributed by atoms with Crippen molar-refractivity contribution < 1.29 is 9.47 Å². The number of ether oxygens (including phenoxy) is 2. The number of hydrogen-bond donors (Lipinski definition) is 0. The summed E-state index contributed by atoms with van der Waals surface area (Å²) in [4.78, 5) is 0. The maximum Gasteiger partial charge on any atom is 0.108 e. The fraction of sp³-hybridized carbons (Fsp3) is 0.600. The third-order valence-electron chi connectivity index (χ3n) is 1.27. The van der Waals surface area contributed by atoms with Gasteiger partial charge in [0.05, 0.1) is 12.7 Å². The molecule has 0 aliphatic heterocycles. The molecule has 0 aromatic heterocycles. The van der Waals surface area contributed by atoms with Crippen LogP contribution in [0.25, 0.3) is 0 Å². The minimum Gasteiger partial charge on any atom is -0.381 e. The molecule has 1 atom stereocenters. The van der Waals surface area contributed by atoms with Crippen LogP contribution in [0.3, 0.4) is 0 Å². The van der Waals surface area contributed by atoms with Crippen molar-refractivity contribution in [3.05, 3.63) is 12.2 Å². The molecule has 0 aliphatic carbocycles. The van der Waals surface area contributed by atoms with Crippen LogP contribution in [-0.4, -0.2) is 26.4 Å². The molecule has 12 heavy (non-hydrogen) atoms. The van der Waals surface area contributed by atoms with Crippen molar-refractivity contribution in [1.82, 2.24) is 0 Å². The Kier molecular flexibility index (Phi) is 7.78. The molecule has 0 bridgehead atoms. The van der Waals surface area contributed by atoms with E-state index in [0.717, 1.165) is 0 Å². The second-order valence-electron chi connectivity index (χ2n) is 2.33. The van der Waals surface area contributed by atoms with Crippen molar-refractivity contribution in [2.45, 2.75) is 20.0 Å². The van der Waals surface area contributed by atoms with Gasteiger partial charge in [-0.15, -0.1) is 5.92 Å². The molecule has 0 saturated heterocycles. The van der Waals surface area contributed by atoms with Crippen LogP contribution >= 0.6 is 0 Å². The summed E-state index contributed by atoms with van der Waals surface area (Å²) < 4.78 is 10.2. The lowest BCUT2D eigenvalue weighted by Crippen LogP contribution is -2.04. The highest BCUT2D eigenvalue weighted by Gasteiger charge is 1.92. The largest absolute Gasteiger partial charge is 0.381 e. The molecule has 68 valence electrons. The standard InChI is InChI=1S/C10H16O2/c1-4-5-9-12-10(2)7-6-8-11-3/h6-7,10H,8-9H2,1-3H3/b7-6+/t10-/m1/s1. The lowest BCUT2D eigenvalue weighted by Gasteiger charge is -2.03. The molecule has 0 fully saturated rings. The van der Waals surface area contributed by atoms with Crippen molar-refractivity contribution in [2.75, 3.05) is 20.3 Å². The zero-order chi connectivity index (χ0) is 9.23. The first-order chi connectivity index (χ1) is 5.81. The number of hydrogen-bond acceptors (Lipinski definition) is 2. The van der Waals surface area contributed by atoms with E-state index in [0.29, 0.717) is 13.2 Å². The topological polar surface area (TPSA) is 18.5 Å². The SMILES string of the molecule is CC#CCO[C@H](C)/C=C/COC. The molecule has 0 heterocycles. The van der Waals surface area contributed by atoms with E-state index in [9.17, 15) is 0 Å². The Morgan fingerprint density at radius 3 is 2.83 bits per heavy atom. The molecule has 0 amide bonds. The fourth-order valence-corrected chi connectivity index (χ4v) is 0.644. The molecule has 0 saturated carbocycles. The van der Waals surface area contributed by atoms with Crippen molar-refractivity contribution in [2.24, 2.45) is 0 Å². The van der Waals surface area contributed by atoms with Gasteiger partial charge in [0, 0.05) is 7.11 Å². The quantitative estimate of drug-likeness (QED) is 0.458. The van der Waals surface area contributed by atoms with Crippen LogP contribution in [0.15, 0.2) is 12.2 Å². The summed E-state index contributed by atoms with van der Waals surface area (Å²) in [6.45, 7) is 4.90. The first-order valence-corrected chi connectivity index (χ1v) is 3.98. The summed E-state index contributed by atoms with van der Waals surface area (Å²) >= 11 is 0. The molecular weight excluding hydrogens is 152 g/mol. The second-order valence-corrected chi connectivity index (χ2v) is 2.33. The van der Waals surface area contributed by atoms with E-state index in [-0.39, 0.29) is 6.10 Å². The van der Waals surface area contributed by atoms with Gasteiger partial charge in [0.15, 0.2) is 0 Å². The third-order valence-corrected chi connectivity index (χ3v) is 1.27. The fourth-order valence-electron chi connectivity index (χ4n) is 0.644. The average molecular weight is 168 g/mol. The Balaban J connectivity index is 3.42. The summed E-state index contributed by atoms with van der Waals surface area (Å²) in [5.74, 6) is 5.60. The highest BCUT2D eigenvalue weighted by molar-refractivity contribution is 4.96. The van der Waals surface area contributed by atoms with Gasteiger partial charge in [-0.2, -0.15) is 0 Å². The summed E-state index contributed by atoms with van der Waals surface area (Å²) in [5.41, 5.74) is 0. The van der Waals surface area contributed by atoms with Gasteiger partial charge < -0.3 is 9.47 Å². The van der Waals surface area contributed by atoms with Gasteiger partial charge in [-0.1, -0.05) is 18.1 Å². The van der Waals surface area contributed by atoms with Crippen LogP contribution in [-0.2, 0) is 9.47 Å². The van der Waals surface area contributed by atoms with Crippen molar-refractivity contribution in [1.29, 1.82) is 0 Å². The lowest BCUT2D eigenvalue weighted by molar-refractivity contribution is 0.126. The smallest absolute Gasteiger partial charge is 0.108 e. The highest BCUT2D eigenvalue weighted by Crippen LogP contribution is 1.91. The summed E-state index contributed by atoms with van der Waals surface area (Å²) in [6, 6.07) is 0. The van der Waals surface area contributed by atoms with Gasteiger partial charge in [0.1, 0.15) is 6.61 Å². The molecule has 0 unspecified atom stereocenters. The number of rotatable bonds is 5. The molecule has 0 radical (unpaired) electrons. The van der Waals surface area contributed by atoms with E-state index in [1.807, 2.05) is 19.1 Å². The van der Waals surface area contributed by atoms with E-state index < -0.39 is 0 Å². The Morgan fingerprint density at radius 1 is 1.50 bits per heavy atom. The zero-order valence-electron chi connectivity index (χ0n) is 7.96. The van der Waals surface area contributed by atoms with Crippen LogP contribution in [0.4, 0.5) is 0 Å². The van der Waals surface area contributed by atoms with Crippen molar-refractivity contribution in [3.8, 4) is 11.8 Å². The third kappa shape index (κ3) is 7.33.